The first kappa shape index (κ1) is 11.9. The molecule has 0 saturated carbocycles. The van der Waals surface area contributed by atoms with Crippen molar-refractivity contribution < 1.29 is 17.9 Å². The predicted molar refractivity (Wildman–Crippen MR) is 49.1 cm³/mol. The molecule has 0 fully saturated rings. The van der Waals surface area contributed by atoms with Gasteiger partial charge in [0.1, 0.15) is 0 Å². The largest absolute Gasteiger partial charge is 0.574 e. The first-order valence-electron chi connectivity index (χ1n) is 4.01. The maximum Gasteiger partial charge on any atom is 0.574 e. The van der Waals surface area contributed by atoms with E-state index in [1.165, 1.54) is 0 Å². The third-order valence-corrected chi connectivity index (χ3v) is 1.64. The average Bonchev–Trinajstić information content (AvgIpc) is 2.11. The van der Waals surface area contributed by atoms with E-state index in [-0.39, 0.29) is 23.5 Å². The van der Waals surface area contributed by atoms with Gasteiger partial charge in [-0.25, -0.2) is 0 Å². The van der Waals surface area contributed by atoms with Gasteiger partial charge in [-0.3, -0.25) is 0 Å². The molecule has 0 aliphatic carbocycles. The number of anilines is 2. The maximum absolute atomic E-state index is 11.9. The fourth-order valence-corrected chi connectivity index (χ4v) is 1.00. The SMILES string of the molecule is N#CCc1cc(OC(F)(F)F)nc(N)c1N. The lowest BCUT2D eigenvalue weighted by atomic mass is 10.1. The Labute approximate surface area is 88.4 Å². The number of alkyl halides is 3. The highest BCUT2D eigenvalue weighted by Crippen LogP contribution is 2.27. The van der Waals surface area contributed by atoms with E-state index in [9.17, 15) is 13.2 Å². The molecule has 0 aromatic carbocycles. The smallest absolute Gasteiger partial charge is 0.395 e. The van der Waals surface area contributed by atoms with Crippen molar-refractivity contribution in [2.75, 3.05) is 11.5 Å². The molecule has 4 N–H and O–H groups in total. The van der Waals surface area contributed by atoms with Crippen LogP contribution in [0.15, 0.2) is 6.07 Å². The number of nitrogens with two attached hydrogens (primary N) is 2. The van der Waals surface area contributed by atoms with Crippen molar-refractivity contribution in [1.82, 2.24) is 4.98 Å². The number of ether oxygens (including phenoxy) is 1. The zero-order chi connectivity index (χ0) is 12.3. The van der Waals surface area contributed by atoms with Crippen LogP contribution in [-0.4, -0.2) is 11.3 Å². The fraction of sp³-hybridized carbons (Fsp3) is 0.250. The van der Waals surface area contributed by atoms with Gasteiger partial charge >= 0.3 is 6.36 Å². The summed E-state index contributed by atoms with van der Waals surface area (Å²) >= 11 is 0. The minimum atomic E-state index is -4.86. The summed E-state index contributed by atoms with van der Waals surface area (Å²) in [5.74, 6) is -1.03. The van der Waals surface area contributed by atoms with Crippen LogP contribution in [0.5, 0.6) is 5.88 Å². The van der Waals surface area contributed by atoms with E-state index in [1.807, 2.05) is 0 Å². The number of nitrogens with zero attached hydrogens (tertiary/aromatic N) is 2. The van der Waals surface area contributed by atoms with E-state index in [0.29, 0.717) is 0 Å². The molecule has 1 heterocycles. The van der Waals surface area contributed by atoms with Crippen molar-refractivity contribution in [3.05, 3.63) is 11.6 Å². The van der Waals surface area contributed by atoms with Crippen molar-refractivity contribution in [1.29, 1.82) is 5.26 Å². The summed E-state index contributed by atoms with van der Waals surface area (Å²) in [7, 11) is 0. The first-order chi connectivity index (χ1) is 7.33. The number of hydrogen-bond donors (Lipinski definition) is 2. The summed E-state index contributed by atoms with van der Waals surface area (Å²) in [6.45, 7) is 0. The minimum Gasteiger partial charge on any atom is -0.395 e. The van der Waals surface area contributed by atoms with Crippen LogP contribution < -0.4 is 16.2 Å². The highest BCUT2D eigenvalue weighted by atomic mass is 19.4. The van der Waals surface area contributed by atoms with Gasteiger partial charge in [0.05, 0.1) is 18.2 Å². The van der Waals surface area contributed by atoms with Crippen LogP contribution >= 0.6 is 0 Å². The number of aromatic nitrogens is 1. The second kappa shape index (κ2) is 4.14. The standard InChI is InChI=1S/C8H7F3N4O/c9-8(10,11)16-5-3-4(1-2-12)6(13)7(14)15-5/h3H,1,13H2,(H2,14,15). The molecule has 0 unspecified atom stereocenters. The van der Waals surface area contributed by atoms with Crippen molar-refractivity contribution in [3.63, 3.8) is 0 Å². The second-order valence-electron chi connectivity index (χ2n) is 2.80. The molecule has 1 aromatic heterocycles. The van der Waals surface area contributed by atoms with Crippen LogP contribution in [-0.2, 0) is 6.42 Å². The molecule has 0 aliphatic rings. The van der Waals surface area contributed by atoms with Crippen molar-refractivity contribution in [3.8, 4) is 11.9 Å². The minimum absolute atomic E-state index is 0.0175. The van der Waals surface area contributed by atoms with E-state index in [2.05, 4.69) is 9.72 Å². The third kappa shape index (κ3) is 2.91. The molecule has 8 heteroatoms. The quantitative estimate of drug-likeness (QED) is 0.798. The summed E-state index contributed by atoms with van der Waals surface area (Å²) in [5.41, 5.74) is 10.8. The number of rotatable bonds is 2. The molecule has 16 heavy (non-hydrogen) atoms. The van der Waals surface area contributed by atoms with Crippen LogP contribution in [0.1, 0.15) is 5.56 Å². The van der Waals surface area contributed by atoms with Crippen LogP contribution in [0.3, 0.4) is 0 Å². The topological polar surface area (TPSA) is 97.9 Å². The Morgan fingerprint density at radius 3 is 2.56 bits per heavy atom. The molecule has 0 amide bonds. The highest BCUT2D eigenvalue weighted by Gasteiger charge is 2.32. The van der Waals surface area contributed by atoms with Gasteiger partial charge in [-0.1, -0.05) is 0 Å². The lowest BCUT2D eigenvalue weighted by molar-refractivity contribution is -0.276. The van der Waals surface area contributed by atoms with Gasteiger partial charge in [-0.15, -0.1) is 13.2 Å². The van der Waals surface area contributed by atoms with Gasteiger partial charge in [-0.2, -0.15) is 10.2 Å². The second-order valence-corrected chi connectivity index (χ2v) is 2.80. The number of nitrogen functional groups attached to an aromatic ring is 2. The van der Waals surface area contributed by atoms with E-state index < -0.39 is 12.2 Å². The number of hydrogen-bond acceptors (Lipinski definition) is 5. The first-order valence-corrected chi connectivity index (χ1v) is 4.01. The lowest BCUT2D eigenvalue weighted by Gasteiger charge is -2.11. The van der Waals surface area contributed by atoms with Crippen molar-refractivity contribution in [2.45, 2.75) is 12.8 Å². The predicted octanol–water partition coefficient (Wildman–Crippen LogP) is 1.21. The summed E-state index contributed by atoms with van der Waals surface area (Å²) in [6.07, 6.45) is -5.04. The zero-order valence-electron chi connectivity index (χ0n) is 7.88. The molecule has 0 radical (unpaired) electrons. The Morgan fingerprint density at radius 2 is 2.06 bits per heavy atom. The number of halogens is 3. The molecule has 0 spiro atoms. The van der Waals surface area contributed by atoms with Gasteiger partial charge in [0.15, 0.2) is 5.82 Å². The normalized spacial score (nSPS) is 10.9. The molecule has 0 aliphatic heterocycles. The maximum atomic E-state index is 11.9. The van der Waals surface area contributed by atoms with Crippen molar-refractivity contribution in [2.24, 2.45) is 0 Å². The molecule has 0 saturated heterocycles. The molecule has 1 aromatic rings. The molecular formula is C8H7F3N4O. The van der Waals surface area contributed by atoms with Crippen LogP contribution in [0.2, 0.25) is 0 Å². The van der Waals surface area contributed by atoms with Gasteiger partial charge < -0.3 is 16.2 Å². The summed E-state index contributed by atoms with van der Waals surface area (Å²) in [5, 5.41) is 8.43. The van der Waals surface area contributed by atoms with E-state index in [1.54, 1.807) is 6.07 Å². The number of nitriles is 1. The Balaban J connectivity index is 3.10. The van der Waals surface area contributed by atoms with Crippen molar-refractivity contribution >= 4 is 11.5 Å². The van der Waals surface area contributed by atoms with Crippen LogP contribution in [0, 0.1) is 11.3 Å². The Kier molecular flexibility index (Phi) is 3.08. The van der Waals surface area contributed by atoms with Gasteiger partial charge in [0, 0.05) is 6.07 Å². The van der Waals surface area contributed by atoms with Gasteiger partial charge in [0.25, 0.3) is 0 Å². The Hall–Kier alpha value is -2.17. The van der Waals surface area contributed by atoms with E-state index >= 15 is 0 Å². The summed E-state index contributed by atoms with van der Waals surface area (Å²) in [4.78, 5) is 3.30. The Bertz CT molecular complexity index is 438. The molecule has 5 nitrogen and oxygen atoms in total. The lowest BCUT2D eigenvalue weighted by Crippen LogP contribution is -2.18. The molecule has 1 rings (SSSR count). The fourth-order valence-electron chi connectivity index (χ4n) is 1.00. The monoisotopic (exact) mass is 232 g/mol. The van der Waals surface area contributed by atoms with E-state index in [4.69, 9.17) is 16.7 Å². The number of pyridine rings is 1. The molecular weight excluding hydrogens is 225 g/mol. The van der Waals surface area contributed by atoms with Gasteiger partial charge in [0.2, 0.25) is 5.88 Å². The molecule has 0 atom stereocenters. The average molecular weight is 232 g/mol. The molecule has 0 bridgehead atoms. The Morgan fingerprint density at radius 1 is 1.44 bits per heavy atom. The summed E-state index contributed by atoms with van der Waals surface area (Å²) in [6, 6.07) is 2.67. The van der Waals surface area contributed by atoms with Crippen LogP contribution in [0.25, 0.3) is 0 Å². The van der Waals surface area contributed by atoms with E-state index in [0.717, 1.165) is 6.07 Å². The highest BCUT2D eigenvalue weighted by molar-refractivity contribution is 5.64. The van der Waals surface area contributed by atoms with Crippen LogP contribution in [0.4, 0.5) is 24.7 Å². The molecule has 86 valence electrons. The van der Waals surface area contributed by atoms with Gasteiger partial charge in [-0.05, 0) is 5.56 Å². The summed E-state index contributed by atoms with van der Waals surface area (Å²) < 4.78 is 39.2. The zero-order valence-corrected chi connectivity index (χ0v) is 7.88. The third-order valence-electron chi connectivity index (χ3n) is 1.64.